The van der Waals surface area contributed by atoms with Gasteiger partial charge in [0.15, 0.2) is 0 Å². The maximum atomic E-state index is 9.25. The van der Waals surface area contributed by atoms with Crippen LogP contribution in [0.2, 0.25) is 0 Å². The van der Waals surface area contributed by atoms with Crippen molar-refractivity contribution in [3.05, 3.63) is 38.3 Å². The fourth-order valence-corrected chi connectivity index (χ4v) is 0.0680. The van der Waals surface area contributed by atoms with Gasteiger partial charge < -0.3 is 9.84 Å². The van der Waals surface area contributed by atoms with Crippen molar-refractivity contribution in [1.29, 1.82) is 0 Å². The number of carboxylic acids is 1. The van der Waals surface area contributed by atoms with Gasteiger partial charge in [-0.3, -0.25) is 0 Å². The Kier molecular flexibility index (Phi) is 30.6. The van der Waals surface area contributed by atoms with Crippen LogP contribution in [0.3, 0.4) is 0 Å². The third kappa shape index (κ3) is 108. The highest BCUT2D eigenvalue weighted by Crippen LogP contribution is 1.65. The SMILES string of the molecule is C=CC(=O)O.C=COC=C.CCCl. The summed E-state index contributed by atoms with van der Waals surface area (Å²) in [6, 6.07) is 0. The zero-order valence-electron chi connectivity index (χ0n) is 7.70. The molecule has 0 atom stereocenters. The molecule has 0 aliphatic heterocycles. The standard InChI is InChI=1S/C4H6O.C3H4O2.C2H5Cl/c1-3-5-4-2;1-2-3(4)5;1-2-3/h3-4H,1-2H2;2H,1H2,(H,4,5);2H2,1H3. The van der Waals surface area contributed by atoms with Crippen LogP contribution in [0, 0.1) is 0 Å². The number of carbonyl (C=O) groups is 1. The highest BCUT2D eigenvalue weighted by atomic mass is 35.5. The summed E-state index contributed by atoms with van der Waals surface area (Å²) in [7, 11) is 0. The normalized spacial score (nSPS) is 6.00. The molecule has 0 saturated carbocycles. The van der Waals surface area contributed by atoms with Crippen molar-refractivity contribution in [2.24, 2.45) is 0 Å². The molecule has 0 bridgehead atoms. The van der Waals surface area contributed by atoms with E-state index >= 15 is 0 Å². The summed E-state index contributed by atoms with van der Waals surface area (Å²) < 4.78 is 4.36. The fraction of sp³-hybridized carbons (Fsp3) is 0.222. The van der Waals surface area contributed by atoms with E-state index in [4.69, 9.17) is 16.7 Å². The Labute approximate surface area is 84.0 Å². The first-order valence-electron chi connectivity index (χ1n) is 3.39. The third-order valence-corrected chi connectivity index (χ3v) is 0.367. The van der Waals surface area contributed by atoms with E-state index in [-0.39, 0.29) is 0 Å². The molecule has 0 saturated heterocycles. The number of rotatable bonds is 3. The second-order valence-corrected chi connectivity index (χ2v) is 1.81. The number of halogens is 1. The zero-order chi connectivity index (χ0) is 11.1. The number of carboxylic acid groups (broad SMARTS) is 1. The first-order valence-corrected chi connectivity index (χ1v) is 3.92. The summed E-state index contributed by atoms with van der Waals surface area (Å²) in [5.41, 5.74) is 0. The molecule has 13 heavy (non-hydrogen) atoms. The van der Waals surface area contributed by atoms with Crippen LogP contribution >= 0.6 is 11.6 Å². The number of aliphatic carboxylic acids is 1. The minimum absolute atomic E-state index is 0.722. The Morgan fingerprint density at radius 3 is 1.69 bits per heavy atom. The van der Waals surface area contributed by atoms with Crippen molar-refractivity contribution in [2.75, 3.05) is 5.88 Å². The Bertz CT molecular complexity index is 138. The van der Waals surface area contributed by atoms with Crippen molar-refractivity contribution < 1.29 is 14.6 Å². The van der Waals surface area contributed by atoms with E-state index in [0.29, 0.717) is 0 Å². The molecule has 3 nitrogen and oxygen atoms in total. The fourth-order valence-electron chi connectivity index (χ4n) is 0.0680. The van der Waals surface area contributed by atoms with Gasteiger partial charge in [0.05, 0.1) is 12.5 Å². The molecule has 0 aliphatic rings. The first kappa shape index (κ1) is 17.8. The summed E-state index contributed by atoms with van der Waals surface area (Å²) in [5.74, 6) is -0.259. The summed E-state index contributed by atoms with van der Waals surface area (Å²) >= 11 is 5.00. The molecule has 1 N–H and O–H groups in total. The van der Waals surface area contributed by atoms with Crippen LogP contribution in [0.1, 0.15) is 6.92 Å². The largest absolute Gasteiger partial charge is 0.478 e. The van der Waals surface area contributed by atoms with Crippen LogP contribution in [0.15, 0.2) is 38.3 Å². The second kappa shape index (κ2) is 22.4. The maximum Gasteiger partial charge on any atom is 0.327 e. The first-order chi connectivity index (χ1) is 6.10. The van der Waals surface area contributed by atoms with Gasteiger partial charge in [-0.1, -0.05) is 26.7 Å². The Balaban J connectivity index is -0.000000120. The molecular weight excluding hydrogens is 192 g/mol. The molecular formula is C9H15ClO3. The molecule has 0 aromatic heterocycles. The number of hydrogen-bond acceptors (Lipinski definition) is 2. The summed E-state index contributed by atoms with van der Waals surface area (Å²) in [5, 5.41) is 7.60. The Hall–Kier alpha value is -1.22. The average Bonchev–Trinajstić information content (AvgIpc) is 2.08. The third-order valence-electron chi connectivity index (χ3n) is 0.367. The maximum absolute atomic E-state index is 9.25. The van der Waals surface area contributed by atoms with Crippen molar-refractivity contribution in [3.8, 4) is 0 Å². The Morgan fingerprint density at radius 2 is 1.69 bits per heavy atom. The summed E-state index contributed by atoms with van der Waals surface area (Å²) in [4.78, 5) is 9.25. The highest BCUT2D eigenvalue weighted by molar-refractivity contribution is 6.17. The van der Waals surface area contributed by atoms with Crippen LogP contribution in [-0.4, -0.2) is 17.0 Å². The van der Waals surface area contributed by atoms with Crippen molar-refractivity contribution in [3.63, 3.8) is 0 Å². The van der Waals surface area contributed by atoms with Gasteiger partial charge >= 0.3 is 5.97 Å². The molecule has 0 aliphatic carbocycles. The lowest BCUT2D eigenvalue weighted by Gasteiger charge is -1.76. The zero-order valence-corrected chi connectivity index (χ0v) is 8.46. The monoisotopic (exact) mass is 206 g/mol. The molecule has 0 amide bonds. The van der Waals surface area contributed by atoms with Gasteiger partial charge in [0.25, 0.3) is 0 Å². The lowest BCUT2D eigenvalue weighted by Crippen LogP contribution is -1.82. The van der Waals surface area contributed by atoms with Crippen molar-refractivity contribution >= 4 is 17.6 Å². The van der Waals surface area contributed by atoms with Gasteiger partial charge in [-0.2, -0.15) is 0 Å². The van der Waals surface area contributed by atoms with E-state index in [1.54, 1.807) is 0 Å². The molecule has 0 heterocycles. The highest BCUT2D eigenvalue weighted by Gasteiger charge is 1.73. The lowest BCUT2D eigenvalue weighted by molar-refractivity contribution is -0.131. The van der Waals surface area contributed by atoms with Gasteiger partial charge in [0, 0.05) is 12.0 Å². The van der Waals surface area contributed by atoms with Gasteiger partial charge in [-0.25, -0.2) is 4.79 Å². The van der Waals surface area contributed by atoms with E-state index < -0.39 is 5.97 Å². The van der Waals surface area contributed by atoms with Crippen molar-refractivity contribution in [2.45, 2.75) is 6.92 Å². The van der Waals surface area contributed by atoms with E-state index in [0.717, 1.165) is 12.0 Å². The van der Waals surface area contributed by atoms with E-state index in [1.165, 1.54) is 12.5 Å². The Morgan fingerprint density at radius 1 is 1.46 bits per heavy atom. The molecule has 0 radical (unpaired) electrons. The predicted molar refractivity (Wildman–Crippen MR) is 55.7 cm³/mol. The molecule has 0 rings (SSSR count). The average molecular weight is 207 g/mol. The minimum atomic E-state index is -0.981. The van der Waals surface area contributed by atoms with Crippen LogP contribution < -0.4 is 0 Å². The number of ether oxygens (including phenoxy) is 1. The van der Waals surface area contributed by atoms with Crippen LogP contribution in [0.5, 0.6) is 0 Å². The minimum Gasteiger partial charge on any atom is -0.478 e. The number of hydrogen-bond donors (Lipinski definition) is 1. The van der Waals surface area contributed by atoms with Gasteiger partial charge in [0.1, 0.15) is 0 Å². The topological polar surface area (TPSA) is 46.5 Å². The lowest BCUT2D eigenvalue weighted by atomic mass is 10.7. The summed E-state index contributed by atoms with van der Waals surface area (Å²) in [6.07, 6.45) is 3.46. The van der Waals surface area contributed by atoms with E-state index in [1.807, 2.05) is 6.92 Å². The second-order valence-electron chi connectivity index (χ2n) is 1.28. The summed E-state index contributed by atoms with van der Waals surface area (Å²) in [6.45, 7) is 11.4. The molecule has 0 aromatic carbocycles. The van der Waals surface area contributed by atoms with Gasteiger partial charge in [-0.15, -0.1) is 11.6 Å². The quantitative estimate of drug-likeness (QED) is 0.439. The van der Waals surface area contributed by atoms with E-state index in [2.05, 4.69) is 24.5 Å². The molecule has 0 aromatic rings. The molecule has 0 unspecified atom stereocenters. The molecule has 76 valence electrons. The van der Waals surface area contributed by atoms with Crippen molar-refractivity contribution in [1.82, 2.24) is 0 Å². The van der Waals surface area contributed by atoms with Crippen LogP contribution in [-0.2, 0) is 9.53 Å². The molecule has 0 fully saturated rings. The number of alkyl halides is 1. The van der Waals surface area contributed by atoms with Crippen LogP contribution in [0.4, 0.5) is 0 Å². The van der Waals surface area contributed by atoms with Gasteiger partial charge in [0.2, 0.25) is 0 Å². The smallest absolute Gasteiger partial charge is 0.327 e. The van der Waals surface area contributed by atoms with E-state index in [9.17, 15) is 4.79 Å². The van der Waals surface area contributed by atoms with Gasteiger partial charge in [-0.05, 0) is 0 Å². The molecule has 0 spiro atoms. The van der Waals surface area contributed by atoms with Crippen LogP contribution in [0.25, 0.3) is 0 Å². The molecule has 4 heteroatoms. The predicted octanol–water partition coefficient (Wildman–Crippen LogP) is 2.79.